The van der Waals surface area contributed by atoms with Gasteiger partial charge in [0.15, 0.2) is 5.78 Å². The zero-order valence-corrected chi connectivity index (χ0v) is 11.8. The summed E-state index contributed by atoms with van der Waals surface area (Å²) in [7, 11) is 0. The van der Waals surface area contributed by atoms with Gasteiger partial charge >= 0.3 is 5.97 Å². The number of benzene rings is 2. The van der Waals surface area contributed by atoms with Crippen molar-refractivity contribution in [2.75, 3.05) is 0 Å². The number of carboxylic acids is 1. The van der Waals surface area contributed by atoms with E-state index in [4.69, 9.17) is 5.11 Å². The zero-order valence-electron chi connectivity index (χ0n) is 11.8. The molecule has 0 heterocycles. The van der Waals surface area contributed by atoms with E-state index in [9.17, 15) is 14.7 Å². The van der Waals surface area contributed by atoms with Crippen LogP contribution in [0.1, 0.15) is 35.7 Å². The average Bonchev–Trinajstić information content (AvgIpc) is 2.46. The van der Waals surface area contributed by atoms with Crippen LogP contribution in [0.3, 0.4) is 0 Å². The summed E-state index contributed by atoms with van der Waals surface area (Å²) in [6.45, 7) is 3.04. The van der Waals surface area contributed by atoms with Crippen LogP contribution in [-0.4, -0.2) is 22.0 Å². The van der Waals surface area contributed by atoms with Gasteiger partial charge in [-0.25, -0.2) is 0 Å². The Morgan fingerprint density at radius 3 is 2.19 bits per heavy atom. The van der Waals surface area contributed by atoms with Crippen LogP contribution >= 0.6 is 0 Å². The van der Waals surface area contributed by atoms with Crippen molar-refractivity contribution in [2.24, 2.45) is 0 Å². The second-order valence-electron chi connectivity index (χ2n) is 4.97. The molecule has 0 fully saturated rings. The van der Waals surface area contributed by atoms with Crippen LogP contribution < -0.4 is 0 Å². The molecule has 4 heteroatoms. The third kappa shape index (κ3) is 3.11. The molecule has 0 saturated heterocycles. The van der Waals surface area contributed by atoms with Gasteiger partial charge in [-0.1, -0.05) is 24.3 Å². The second-order valence-corrected chi connectivity index (χ2v) is 4.97. The number of Topliss-reactive ketones (excluding diaryl/α,β-unsaturated/α-hetero) is 1. The molecule has 0 saturated carbocycles. The molecule has 0 aliphatic carbocycles. The first kappa shape index (κ1) is 14.8. The molecule has 0 aliphatic rings. The van der Waals surface area contributed by atoms with E-state index in [1.54, 1.807) is 49.4 Å². The lowest BCUT2D eigenvalue weighted by Gasteiger charge is -2.12. The summed E-state index contributed by atoms with van der Waals surface area (Å²) in [5, 5.41) is 18.4. The van der Waals surface area contributed by atoms with Crippen molar-refractivity contribution in [3.05, 3.63) is 53.6 Å². The maximum Gasteiger partial charge on any atom is 0.310 e. The highest BCUT2D eigenvalue weighted by atomic mass is 16.4. The second kappa shape index (κ2) is 5.79. The van der Waals surface area contributed by atoms with Crippen LogP contribution in [0.2, 0.25) is 0 Å². The summed E-state index contributed by atoms with van der Waals surface area (Å²) in [6, 6.07) is 11.6. The Balaban J connectivity index is 2.54. The monoisotopic (exact) mass is 284 g/mol. The van der Waals surface area contributed by atoms with Gasteiger partial charge in [-0.2, -0.15) is 0 Å². The Hall–Kier alpha value is -2.62. The molecule has 2 rings (SSSR count). The molecule has 2 aromatic rings. The van der Waals surface area contributed by atoms with E-state index in [-0.39, 0.29) is 11.5 Å². The number of phenolic OH excluding ortho intramolecular Hbond substituents is 1. The first-order chi connectivity index (χ1) is 9.90. The molecule has 21 heavy (non-hydrogen) atoms. The van der Waals surface area contributed by atoms with E-state index in [0.29, 0.717) is 11.1 Å². The van der Waals surface area contributed by atoms with E-state index in [1.807, 2.05) is 0 Å². The van der Waals surface area contributed by atoms with Crippen LogP contribution in [0, 0.1) is 0 Å². The van der Waals surface area contributed by atoms with Crippen molar-refractivity contribution in [1.29, 1.82) is 0 Å². The Labute approximate surface area is 122 Å². The third-order valence-electron chi connectivity index (χ3n) is 3.47. The number of ketones is 1. The summed E-state index contributed by atoms with van der Waals surface area (Å²) in [6.07, 6.45) is 0. The maximum absolute atomic E-state index is 11.9. The molecule has 0 amide bonds. The minimum Gasteiger partial charge on any atom is -0.508 e. The fourth-order valence-electron chi connectivity index (χ4n) is 2.16. The van der Waals surface area contributed by atoms with Crippen LogP contribution in [0.25, 0.3) is 11.1 Å². The predicted molar refractivity (Wildman–Crippen MR) is 79.6 cm³/mol. The molecule has 4 nitrogen and oxygen atoms in total. The average molecular weight is 284 g/mol. The quantitative estimate of drug-likeness (QED) is 0.843. The van der Waals surface area contributed by atoms with E-state index in [0.717, 1.165) is 11.1 Å². The van der Waals surface area contributed by atoms with Crippen molar-refractivity contribution < 1.29 is 19.8 Å². The van der Waals surface area contributed by atoms with E-state index < -0.39 is 11.9 Å². The minimum atomic E-state index is -0.929. The standard InChI is InChI=1S/C17H16O4/c1-10(17(20)21)13-5-8-15(16(9-13)11(2)18)12-3-6-14(19)7-4-12/h3-10,19H,1-2H3,(H,20,21). The van der Waals surface area contributed by atoms with Gasteiger partial charge in [-0.3, -0.25) is 9.59 Å². The van der Waals surface area contributed by atoms with Crippen molar-refractivity contribution >= 4 is 11.8 Å². The normalized spacial score (nSPS) is 11.9. The van der Waals surface area contributed by atoms with Gasteiger partial charge in [0.25, 0.3) is 0 Å². The lowest BCUT2D eigenvalue weighted by atomic mass is 9.91. The Morgan fingerprint density at radius 1 is 1.05 bits per heavy atom. The molecule has 0 bridgehead atoms. The third-order valence-corrected chi connectivity index (χ3v) is 3.47. The number of carboxylic acid groups (broad SMARTS) is 1. The van der Waals surface area contributed by atoms with E-state index in [1.165, 1.54) is 6.92 Å². The van der Waals surface area contributed by atoms with Crippen molar-refractivity contribution in [2.45, 2.75) is 19.8 Å². The molecular weight excluding hydrogens is 268 g/mol. The molecule has 1 unspecified atom stereocenters. The first-order valence-electron chi connectivity index (χ1n) is 6.57. The fourth-order valence-corrected chi connectivity index (χ4v) is 2.16. The lowest BCUT2D eigenvalue weighted by molar-refractivity contribution is -0.138. The molecular formula is C17H16O4. The van der Waals surface area contributed by atoms with Gasteiger partial charge in [0.1, 0.15) is 5.75 Å². The number of aliphatic carboxylic acids is 1. The molecule has 2 N–H and O–H groups in total. The summed E-state index contributed by atoms with van der Waals surface area (Å²) in [5.74, 6) is -1.57. The summed E-state index contributed by atoms with van der Waals surface area (Å²) < 4.78 is 0. The number of carbonyl (C=O) groups excluding carboxylic acids is 1. The van der Waals surface area contributed by atoms with Crippen molar-refractivity contribution in [3.63, 3.8) is 0 Å². The Morgan fingerprint density at radius 2 is 1.67 bits per heavy atom. The number of hydrogen-bond acceptors (Lipinski definition) is 3. The Bertz CT molecular complexity index is 686. The van der Waals surface area contributed by atoms with Crippen LogP contribution in [0.5, 0.6) is 5.75 Å². The number of hydrogen-bond donors (Lipinski definition) is 2. The molecule has 1 atom stereocenters. The molecule has 0 aliphatic heterocycles. The smallest absolute Gasteiger partial charge is 0.310 e. The maximum atomic E-state index is 11.9. The number of rotatable bonds is 4. The van der Waals surface area contributed by atoms with Gasteiger partial charge in [0.05, 0.1) is 5.92 Å². The van der Waals surface area contributed by atoms with Gasteiger partial charge in [0.2, 0.25) is 0 Å². The van der Waals surface area contributed by atoms with E-state index >= 15 is 0 Å². The van der Waals surface area contributed by atoms with Crippen molar-refractivity contribution in [1.82, 2.24) is 0 Å². The molecule has 0 spiro atoms. The highest BCUT2D eigenvalue weighted by molar-refractivity contribution is 6.01. The summed E-state index contributed by atoms with van der Waals surface area (Å²) >= 11 is 0. The highest BCUT2D eigenvalue weighted by Gasteiger charge is 2.17. The Kier molecular flexibility index (Phi) is 4.08. The van der Waals surface area contributed by atoms with Crippen LogP contribution in [-0.2, 0) is 4.79 Å². The number of carbonyl (C=O) groups is 2. The van der Waals surface area contributed by atoms with Crippen molar-refractivity contribution in [3.8, 4) is 16.9 Å². The van der Waals surface area contributed by atoms with E-state index in [2.05, 4.69) is 0 Å². The molecule has 0 radical (unpaired) electrons. The number of aromatic hydroxyl groups is 1. The van der Waals surface area contributed by atoms with Gasteiger partial charge in [-0.15, -0.1) is 0 Å². The minimum absolute atomic E-state index is 0.127. The molecule has 2 aromatic carbocycles. The van der Waals surface area contributed by atoms with Crippen LogP contribution in [0.4, 0.5) is 0 Å². The first-order valence-corrected chi connectivity index (χ1v) is 6.57. The van der Waals surface area contributed by atoms with Gasteiger partial charge in [0, 0.05) is 5.56 Å². The fraction of sp³-hybridized carbons (Fsp3) is 0.176. The largest absolute Gasteiger partial charge is 0.508 e. The SMILES string of the molecule is CC(=O)c1cc(C(C)C(=O)O)ccc1-c1ccc(O)cc1. The highest BCUT2D eigenvalue weighted by Crippen LogP contribution is 2.29. The topological polar surface area (TPSA) is 74.6 Å². The zero-order chi connectivity index (χ0) is 15.6. The summed E-state index contributed by atoms with van der Waals surface area (Å²) in [5.41, 5.74) is 2.60. The molecule has 0 aromatic heterocycles. The summed E-state index contributed by atoms with van der Waals surface area (Å²) in [4.78, 5) is 22.9. The number of phenols is 1. The predicted octanol–water partition coefficient (Wildman–Crippen LogP) is 3.45. The molecule has 108 valence electrons. The van der Waals surface area contributed by atoms with Gasteiger partial charge < -0.3 is 10.2 Å². The lowest BCUT2D eigenvalue weighted by Crippen LogP contribution is -2.09. The van der Waals surface area contributed by atoms with Gasteiger partial charge in [-0.05, 0) is 48.7 Å². The van der Waals surface area contributed by atoms with Crippen LogP contribution in [0.15, 0.2) is 42.5 Å².